The second-order valence-corrected chi connectivity index (χ2v) is 19.6. The molecule has 0 aliphatic heterocycles. The highest BCUT2D eigenvalue weighted by Gasteiger charge is 2.39. The van der Waals surface area contributed by atoms with Crippen LogP contribution in [0.3, 0.4) is 0 Å². The number of hydrogen-bond acceptors (Lipinski definition) is 15. The molecule has 17 N–H and O–H groups in total. The van der Waals surface area contributed by atoms with Crippen LogP contribution >= 0.6 is 0 Å². The molecule has 0 spiro atoms. The van der Waals surface area contributed by atoms with E-state index in [9.17, 15) is 82.4 Å². The van der Waals surface area contributed by atoms with Crippen LogP contribution in [0.4, 0.5) is 0 Å². The average molecular weight is 1130 g/mol. The number of rotatable bonds is 37. The number of carbonyl (C=O) groups excluding carboxylic acids is 11. The number of carbonyl (C=O) groups is 14. The summed E-state index contributed by atoms with van der Waals surface area (Å²) in [7, 11) is 0. The van der Waals surface area contributed by atoms with Gasteiger partial charge in [0, 0.05) is 26.2 Å². The van der Waals surface area contributed by atoms with Gasteiger partial charge in [-0.3, -0.25) is 67.1 Å². The zero-order chi connectivity index (χ0) is 61.1. The Labute approximate surface area is 462 Å². The summed E-state index contributed by atoms with van der Waals surface area (Å²) in [6.45, 7) is 12.4. The standard InChI is InChI=1S/C51H79N11O18/c1-9-24(4)39(54-28(8)64)48(77)58-32(21-29-15-13-12-14-16-29)46(75)60-41(26(6)11-3)50(79)61-40(25(5)10-2)49(78)59-34(23-38(70)71)45(74)56-31(18-20-37(68)69)44(73)57-33(22-35(52)65)47(76)62-42(27(7)63)51(80)55-30(43(53)72)17-19-36(66)67/h12-16,24-27,30-34,39-42,63H,9-11,17-23H2,1-8H3,(H2,52,65)(H2,53,72)(H,54,64)(H,55,80)(H,56,74)(H,57,73)(H,58,77)(H,59,78)(H,60,75)(H,61,79)(H,62,76)(H,66,67)(H,68,69)(H,70,71)/t24-,25-,26-,27+,30-,31-,32-,33-,34-,39-,40-,41-,42-/m0/s1. The van der Waals surface area contributed by atoms with Crippen molar-refractivity contribution < 1.29 is 87.5 Å². The van der Waals surface area contributed by atoms with Gasteiger partial charge in [0.15, 0.2) is 0 Å². The van der Waals surface area contributed by atoms with E-state index in [1.54, 1.807) is 65.0 Å². The summed E-state index contributed by atoms with van der Waals surface area (Å²) in [5.74, 6) is -18.0. The molecule has 1 aromatic carbocycles. The number of aliphatic hydroxyl groups excluding tert-OH is 1. The number of primary amides is 2. The van der Waals surface area contributed by atoms with Crippen molar-refractivity contribution in [1.29, 1.82) is 0 Å². The number of carboxylic acid groups (broad SMARTS) is 3. The van der Waals surface area contributed by atoms with Crippen LogP contribution in [0.25, 0.3) is 0 Å². The van der Waals surface area contributed by atoms with Crippen molar-refractivity contribution in [1.82, 2.24) is 47.9 Å². The van der Waals surface area contributed by atoms with E-state index in [0.717, 1.165) is 6.92 Å². The first-order valence-corrected chi connectivity index (χ1v) is 26.0. The fourth-order valence-electron chi connectivity index (χ4n) is 7.75. The van der Waals surface area contributed by atoms with Crippen LogP contribution in [0, 0.1) is 17.8 Å². The molecule has 0 saturated carbocycles. The van der Waals surface area contributed by atoms with Gasteiger partial charge in [-0.05, 0) is 43.1 Å². The lowest BCUT2D eigenvalue weighted by atomic mass is 9.94. The molecule has 29 heteroatoms. The second kappa shape index (κ2) is 34.6. The Hall–Kier alpha value is -8.24. The van der Waals surface area contributed by atoms with Gasteiger partial charge in [0.1, 0.15) is 54.4 Å². The van der Waals surface area contributed by atoms with Crippen LogP contribution in [-0.2, 0) is 73.5 Å². The Bertz CT molecular complexity index is 2370. The van der Waals surface area contributed by atoms with Crippen molar-refractivity contribution in [2.75, 3.05) is 0 Å². The van der Waals surface area contributed by atoms with E-state index >= 15 is 0 Å². The lowest BCUT2D eigenvalue weighted by Crippen LogP contribution is -2.62. The number of benzene rings is 1. The number of aliphatic hydroxyl groups is 1. The lowest BCUT2D eigenvalue weighted by molar-refractivity contribution is -0.142. The van der Waals surface area contributed by atoms with Gasteiger partial charge in [-0.25, -0.2) is 0 Å². The maximum Gasteiger partial charge on any atom is 0.305 e. The minimum atomic E-state index is -2.05. The van der Waals surface area contributed by atoms with Crippen LogP contribution in [0.1, 0.15) is 119 Å². The molecule has 446 valence electrons. The summed E-state index contributed by atoms with van der Waals surface area (Å²) >= 11 is 0. The zero-order valence-electron chi connectivity index (χ0n) is 46.1. The predicted molar refractivity (Wildman–Crippen MR) is 282 cm³/mol. The molecule has 0 aliphatic rings. The third-order valence-electron chi connectivity index (χ3n) is 13.1. The molecule has 0 heterocycles. The van der Waals surface area contributed by atoms with Gasteiger partial charge in [0.2, 0.25) is 65.0 Å². The molecular weight excluding hydrogens is 1050 g/mol. The molecule has 11 amide bonds. The maximum atomic E-state index is 14.3. The minimum absolute atomic E-state index is 0.0425. The summed E-state index contributed by atoms with van der Waals surface area (Å²) in [6.07, 6.45) is -5.70. The first-order chi connectivity index (χ1) is 37.4. The topological polar surface area (TPSA) is 480 Å². The molecule has 0 aromatic heterocycles. The smallest absolute Gasteiger partial charge is 0.305 e. The first kappa shape index (κ1) is 69.8. The van der Waals surface area contributed by atoms with E-state index in [-0.39, 0.29) is 18.8 Å². The third kappa shape index (κ3) is 24.6. The van der Waals surface area contributed by atoms with Crippen LogP contribution in [0.2, 0.25) is 0 Å². The number of nitrogens with two attached hydrogens (primary N) is 2. The van der Waals surface area contributed by atoms with Crippen LogP contribution in [0.15, 0.2) is 30.3 Å². The highest BCUT2D eigenvalue weighted by atomic mass is 16.4. The van der Waals surface area contributed by atoms with Crippen molar-refractivity contribution in [3.05, 3.63) is 35.9 Å². The molecule has 0 unspecified atom stereocenters. The zero-order valence-corrected chi connectivity index (χ0v) is 46.1. The summed E-state index contributed by atoms with van der Waals surface area (Å²) in [6, 6.07) is -6.17. The van der Waals surface area contributed by atoms with Crippen molar-refractivity contribution in [3.8, 4) is 0 Å². The third-order valence-corrected chi connectivity index (χ3v) is 13.1. The molecule has 29 nitrogen and oxygen atoms in total. The SMILES string of the molecule is CC[C@H](C)[C@H](NC(C)=O)C(=O)N[C@@H](Cc1ccccc1)C(=O)N[C@H](C(=O)N[C@H](C(=O)N[C@@H](CC(=O)O)C(=O)N[C@@H](CCC(=O)O)C(=O)N[C@@H](CC(N)=O)C(=O)N[C@H](C(=O)N[C@@H](CCC(=O)O)C(N)=O)[C@@H](C)O)[C@@H](C)CC)[C@@H](C)CC. The van der Waals surface area contributed by atoms with Gasteiger partial charge >= 0.3 is 17.9 Å². The van der Waals surface area contributed by atoms with Gasteiger partial charge in [0.05, 0.1) is 18.9 Å². The van der Waals surface area contributed by atoms with E-state index in [2.05, 4.69) is 47.9 Å². The van der Waals surface area contributed by atoms with E-state index < -0.39 is 194 Å². The van der Waals surface area contributed by atoms with E-state index in [0.29, 0.717) is 18.4 Å². The largest absolute Gasteiger partial charge is 0.481 e. The fourth-order valence-corrected chi connectivity index (χ4v) is 7.75. The Morgan fingerprint density at radius 2 is 0.787 bits per heavy atom. The van der Waals surface area contributed by atoms with E-state index in [1.807, 2.05) is 6.92 Å². The van der Waals surface area contributed by atoms with Crippen molar-refractivity contribution in [2.24, 2.45) is 29.2 Å². The van der Waals surface area contributed by atoms with Crippen LogP contribution < -0.4 is 59.3 Å². The number of amides is 11. The Morgan fingerprint density at radius 3 is 1.23 bits per heavy atom. The highest BCUT2D eigenvalue weighted by Crippen LogP contribution is 2.16. The Kier molecular flexibility index (Phi) is 30.2. The Balaban J connectivity index is 3.59. The molecule has 80 heavy (non-hydrogen) atoms. The first-order valence-electron chi connectivity index (χ1n) is 26.0. The number of nitrogens with one attached hydrogen (secondary N) is 9. The van der Waals surface area contributed by atoms with E-state index in [4.69, 9.17) is 16.6 Å². The van der Waals surface area contributed by atoms with Crippen molar-refractivity contribution in [2.45, 2.75) is 180 Å². The summed E-state index contributed by atoms with van der Waals surface area (Å²) in [5, 5.41) is 60.0. The number of carboxylic acids is 3. The van der Waals surface area contributed by atoms with E-state index in [1.165, 1.54) is 6.92 Å². The lowest BCUT2D eigenvalue weighted by Gasteiger charge is -2.31. The van der Waals surface area contributed by atoms with Gasteiger partial charge in [-0.2, -0.15) is 0 Å². The summed E-state index contributed by atoms with van der Waals surface area (Å²) in [5.41, 5.74) is 11.2. The van der Waals surface area contributed by atoms with Gasteiger partial charge in [0.25, 0.3) is 0 Å². The molecule has 0 radical (unpaired) electrons. The van der Waals surface area contributed by atoms with Crippen molar-refractivity contribution in [3.63, 3.8) is 0 Å². The van der Waals surface area contributed by atoms with Gasteiger partial charge < -0.3 is 79.7 Å². The van der Waals surface area contributed by atoms with Crippen molar-refractivity contribution >= 4 is 82.9 Å². The molecule has 0 saturated heterocycles. The Morgan fingerprint density at radius 1 is 0.438 bits per heavy atom. The maximum absolute atomic E-state index is 14.3. The molecule has 13 atom stereocenters. The second-order valence-electron chi connectivity index (χ2n) is 19.6. The summed E-state index contributed by atoms with van der Waals surface area (Å²) < 4.78 is 0. The monoisotopic (exact) mass is 1130 g/mol. The highest BCUT2D eigenvalue weighted by molar-refractivity contribution is 6.00. The minimum Gasteiger partial charge on any atom is -0.481 e. The number of aliphatic carboxylic acids is 3. The number of hydrogen-bond donors (Lipinski definition) is 15. The normalized spacial score (nSPS) is 15.9. The average Bonchev–Trinajstić information content (AvgIpc) is 3.38. The predicted octanol–water partition coefficient (Wildman–Crippen LogP) is -3.30. The molecular formula is C51H79N11O18. The van der Waals surface area contributed by atoms with Crippen LogP contribution in [0.5, 0.6) is 0 Å². The molecule has 1 rings (SSSR count). The molecule has 1 aromatic rings. The molecule has 0 aliphatic carbocycles. The summed E-state index contributed by atoms with van der Waals surface area (Å²) in [4.78, 5) is 182. The van der Waals surface area contributed by atoms with Gasteiger partial charge in [-0.1, -0.05) is 91.1 Å². The molecule has 0 fully saturated rings. The van der Waals surface area contributed by atoms with Gasteiger partial charge in [-0.15, -0.1) is 0 Å². The fraction of sp³-hybridized carbons (Fsp3) is 0.608. The molecule has 0 bridgehead atoms. The van der Waals surface area contributed by atoms with Crippen LogP contribution in [-0.4, -0.2) is 164 Å². The quantitative estimate of drug-likeness (QED) is 0.0310.